The number of carbonyl (C=O) groups is 2. The number of hydrogen-bond donors (Lipinski definition) is 1. The number of rotatable bonds is 13. The minimum Gasteiger partial charge on any atom is -0.481 e. The molecule has 1 unspecified atom stereocenters. The molecule has 0 fully saturated rings. The first kappa shape index (κ1) is 20.9. The lowest BCUT2D eigenvalue weighted by atomic mass is 9.89. The first-order valence-electron chi connectivity index (χ1n) is 9.95. The Morgan fingerprint density at radius 3 is 2.00 bits per heavy atom. The number of aliphatic carboxylic acids is 1. The van der Waals surface area contributed by atoms with Gasteiger partial charge in [-0.1, -0.05) is 73.5 Å². The van der Waals surface area contributed by atoms with Crippen LogP contribution in [0.1, 0.15) is 56.1 Å². The highest BCUT2D eigenvalue weighted by Gasteiger charge is 2.13. The third-order valence-corrected chi connectivity index (χ3v) is 5.01. The summed E-state index contributed by atoms with van der Waals surface area (Å²) in [5.74, 6) is 0.0315. The molecule has 3 nitrogen and oxygen atoms in total. The summed E-state index contributed by atoms with van der Waals surface area (Å²) in [6.45, 7) is 0. The number of carbonyl (C=O) groups excluding carboxylic acids is 1. The normalized spacial score (nSPS) is 11.9. The van der Waals surface area contributed by atoms with Crippen molar-refractivity contribution in [2.75, 3.05) is 0 Å². The molecule has 0 saturated carbocycles. The third kappa shape index (κ3) is 9.18. The van der Waals surface area contributed by atoms with Crippen molar-refractivity contribution in [3.8, 4) is 0 Å². The molecule has 0 aliphatic heterocycles. The van der Waals surface area contributed by atoms with Crippen molar-refractivity contribution in [2.24, 2.45) is 5.92 Å². The quantitative estimate of drug-likeness (QED) is 0.478. The molecule has 3 heteroatoms. The zero-order valence-corrected chi connectivity index (χ0v) is 16.0. The smallest absolute Gasteiger partial charge is 0.303 e. The number of carboxylic acid groups (broad SMARTS) is 1. The van der Waals surface area contributed by atoms with Gasteiger partial charge in [0.25, 0.3) is 0 Å². The topological polar surface area (TPSA) is 54.4 Å². The average molecular weight is 367 g/mol. The first-order valence-corrected chi connectivity index (χ1v) is 9.95. The highest BCUT2D eigenvalue weighted by atomic mass is 16.4. The number of Topliss-reactive ketones (excluding diaryl/α,β-unsaturated/α-hetero) is 1. The van der Waals surface area contributed by atoms with E-state index in [0.29, 0.717) is 18.8 Å². The summed E-state index contributed by atoms with van der Waals surface area (Å²) in [5, 5.41) is 8.80. The number of hydrogen-bond acceptors (Lipinski definition) is 2. The molecule has 0 aliphatic rings. The summed E-state index contributed by atoms with van der Waals surface area (Å²) in [6.07, 6.45) is 6.93. The van der Waals surface area contributed by atoms with Crippen molar-refractivity contribution in [1.82, 2.24) is 0 Å². The standard InChI is InChI=1S/C24H30O3/c25-23(19-22-12-5-2-6-13-22)18-17-21(11-7-8-14-24(26)27)16-15-20-9-3-1-4-10-20/h1-6,9-10,12-13,21H,7-8,11,14-19H2,(H,26,27). The maximum Gasteiger partial charge on any atom is 0.303 e. The van der Waals surface area contributed by atoms with Crippen LogP contribution < -0.4 is 0 Å². The fraction of sp³-hybridized carbons (Fsp3) is 0.417. The van der Waals surface area contributed by atoms with Gasteiger partial charge >= 0.3 is 5.97 Å². The molecule has 0 bridgehead atoms. The Labute approximate surface area is 162 Å². The van der Waals surface area contributed by atoms with Crippen molar-refractivity contribution < 1.29 is 14.7 Å². The monoisotopic (exact) mass is 366 g/mol. The van der Waals surface area contributed by atoms with E-state index in [1.165, 1.54) is 5.56 Å². The van der Waals surface area contributed by atoms with Crippen LogP contribution in [0.2, 0.25) is 0 Å². The zero-order valence-electron chi connectivity index (χ0n) is 16.0. The molecule has 0 spiro atoms. The molecule has 0 amide bonds. The van der Waals surface area contributed by atoms with Crippen LogP contribution in [0.15, 0.2) is 60.7 Å². The molecule has 1 N–H and O–H groups in total. The van der Waals surface area contributed by atoms with Crippen LogP contribution >= 0.6 is 0 Å². The predicted molar refractivity (Wildman–Crippen MR) is 109 cm³/mol. The molecule has 2 aromatic carbocycles. The zero-order chi connectivity index (χ0) is 19.3. The van der Waals surface area contributed by atoms with Crippen molar-refractivity contribution in [1.29, 1.82) is 0 Å². The Bertz CT molecular complexity index is 679. The minimum atomic E-state index is -0.728. The number of aryl methyl sites for hydroxylation is 1. The van der Waals surface area contributed by atoms with Gasteiger partial charge in [-0.25, -0.2) is 0 Å². The number of ketones is 1. The summed E-state index contributed by atoms with van der Waals surface area (Å²) < 4.78 is 0. The van der Waals surface area contributed by atoms with Crippen LogP contribution in [0.5, 0.6) is 0 Å². The van der Waals surface area contributed by atoms with Gasteiger partial charge < -0.3 is 5.11 Å². The molecular formula is C24H30O3. The van der Waals surface area contributed by atoms with Crippen LogP contribution in [0.3, 0.4) is 0 Å². The van der Waals surface area contributed by atoms with Crippen molar-refractivity contribution in [2.45, 2.75) is 57.8 Å². The minimum absolute atomic E-state index is 0.234. The van der Waals surface area contributed by atoms with Crippen LogP contribution in [-0.4, -0.2) is 16.9 Å². The van der Waals surface area contributed by atoms with Gasteiger partial charge in [0.1, 0.15) is 5.78 Å². The Hall–Kier alpha value is -2.42. The Morgan fingerprint density at radius 1 is 0.741 bits per heavy atom. The van der Waals surface area contributed by atoms with Gasteiger partial charge in [-0.15, -0.1) is 0 Å². The first-order chi connectivity index (χ1) is 13.1. The summed E-state index contributed by atoms with van der Waals surface area (Å²) in [6, 6.07) is 20.3. The highest BCUT2D eigenvalue weighted by molar-refractivity contribution is 5.80. The van der Waals surface area contributed by atoms with Gasteiger partial charge in [0.05, 0.1) is 0 Å². The van der Waals surface area contributed by atoms with Crippen molar-refractivity contribution in [3.05, 3.63) is 71.8 Å². The molecule has 0 heterocycles. The summed E-state index contributed by atoms with van der Waals surface area (Å²) in [4.78, 5) is 23.0. The molecule has 0 aromatic heterocycles. The van der Waals surface area contributed by atoms with E-state index in [1.54, 1.807) is 0 Å². The molecule has 2 rings (SSSR count). The van der Waals surface area contributed by atoms with Crippen LogP contribution in [-0.2, 0) is 22.4 Å². The number of unbranched alkanes of at least 4 members (excludes halogenated alkanes) is 1. The molecular weight excluding hydrogens is 336 g/mol. The van der Waals surface area contributed by atoms with E-state index < -0.39 is 5.97 Å². The molecule has 2 aromatic rings. The van der Waals surface area contributed by atoms with E-state index in [0.717, 1.165) is 44.1 Å². The lowest BCUT2D eigenvalue weighted by Gasteiger charge is -2.16. The van der Waals surface area contributed by atoms with Gasteiger partial charge in [-0.3, -0.25) is 9.59 Å². The molecule has 0 radical (unpaired) electrons. The Balaban J connectivity index is 1.80. The van der Waals surface area contributed by atoms with E-state index in [2.05, 4.69) is 24.3 Å². The number of carboxylic acids is 1. The molecule has 0 aliphatic carbocycles. The SMILES string of the molecule is O=C(O)CCCCC(CCC(=O)Cc1ccccc1)CCc1ccccc1. The second-order valence-electron chi connectivity index (χ2n) is 7.27. The Morgan fingerprint density at radius 2 is 1.37 bits per heavy atom. The Kier molecular flexibility index (Phi) is 9.33. The van der Waals surface area contributed by atoms with Crippen LogP contribution in [0, 0.1) is 5.92 Å². The largest absolute Gasteiger partial charge is 0.481 e. The van der Waals surface area contributed by atoms with E-state index in [4.69, 9.17) is 5.11 Å². The van der Waals surface area contributed by atoms with Crippen LogP contribution in [0.25, 0.3) is 0 Å². The summed E-state index contributed by atoms with van der Waals surface area (Å²) in [5.41, 5.74) is 2.40. The second kappa shape index (κ2) is 12.1. The van der Waals surface area contributed by atoms with Gasteiger partial charge in [-0.2, -0.15) is 0 Å². The van der Waals surface area contributed by atoms with E-state index in [9.17, 15) is 9.59 Å². The fourth-order valence-corrected chi connectivity index (χ4v) is 3.43. The van der Waals surface area contributed by atoms with E-state index in [1.807, 2.05) is 36.4 Å². The maximum atomic E-state index is 12.3. The molecule has 0 saturated heterocycles. The van der Waals surface area contributed by atoms with Crippen molar-refractivity contribution in [3.63, 3.8) is 0 Å². The maximum absolute atomic E-state index is 12.3. The van der Waals surface area contributed by atoms with Crippen molar-refractivity contribution >= 4 is 11.8 Å². The highest BCUT2D eigenvalue weighted by Crippen LogP contribution is 2.22. The van der Waals surface area contributed by atoms with Gasteiger partial charge in [-0.05, 0) is 42.7 Å². The van der Waals surface area contributed by atoms with Gasteiger partial charge in [0.15, 0.2) is 0 Å². The average Bonchev–Trinajstić information content (AvgIpc) is 2.68. The van der Waals surface area contributed by atoms with Gasteiger partial charge in [0, 0.05) is 19.3 Å². The molecule has 144 valence electrons. The molecule has 1 atom stereocenters. The van der Waals surface area contributed by atoms with Gasteiger partial charge in [0.2, 0.25) is 0 Å². The third-order valence-electron chi connectivity index (χ3n) is 5.01. The lowest BCUT2D eigenvalue weighted by Crippen LogP contribution is -2.09. The number of benzene rings is 2. The lowest BCUT2D eigenvalue weighted by molar-refractivity contribution is -0.137. The van der Waals surface area contributed by atoms with Crippen LogP contribution in [0.4, 0.5) is 0 Å². The summed E-state index contributed by atoms with van der Waals surface area (Å²) >= 11 is 0. The summed E-state index contributed by atoms with van der Waals surface area (Å²) in [7, 11) is 0. The van der Waals surface area contributed by atoms with E-state index in [-0.39, 0.29) is 12.2 Å². The molecule has 27 heavy (non-hydrogen) atoms. The second-order valence-corrected chi connectivity index (χ2v) is 7.27. The fourth-order valence-electron chi connectivity index (χ4n) is 3.43. The van der Waals surface area contributed by atoms with E-state index >= 15 is 0 Å². The predicted octanol–water partition coefficient (Wildman–Crippen LogP) is 5.47.